The summed E-state index contributed by atoms with van der Waals surface area (Å²) in [4.78, 5) is 22.0. The van der Waals surface area contributed by atoms with Crippen LogP contribution in [0.5, 0.6) is 0 Å². The van der Waals surface area contributed by atoms with Gasteiger partial charge in [-0.3, -0.25) is 9.69 Å². The Hall–Kier alpha value is -2.03. The Kier molecular flexibility index (Phi) is 6.64. The standard InChI is InChI=1S/C20H21F2N3OS2/c1-4-27-15-7-5-13(6-8-15)19(26)25(10-9-24(2)3)20-23-18-16(22)11-14(21)12-17(18)28-20/h5-8,11-12H,4,9-10H2,1-3H3. The van der Waals surface area contributed by atoms with Crippen LogP contribution in [0.25, 0.3) is 10.2 Å². The molecule has 28 heavy (non-hydrogen) atoms. The van der Waals surface area contributed by atoms with Crippen LogP contribution >= 0.6 is 23.1 Å². The van der Waals surface area contributed by atoms with Gasteiger partial charge in [0.2, 0.25) is 0 Å². The van der Waals surface area contributed by atoms with Crippen molar-refractivity contribution in [2.75, 3.05) is 37.8 Å². The van der Waals surface area contributed by atoms with Gasteiger partial charge in [-0.05, 0) is 50.2 Å². The van der Waals surface area contributed by atoms with Crippen molar-refractivity contribution in [2.45, 2.75) is 11.8 Å². The highest BCUT2D eigenvalue weighted by atomic mass is 32.2. The Balaban J connectivity index is 1.96. The summed E-state index contributed by atoms with van der Waals surface area (Å²) in [6, 6.07) is 9.46. The lowest BCUT2D eigenvalue weighted by Gasteiger charge is -2.22. The Labute approximate surface area is 171 Å². The van der Waals surface area contributed by atoms with Crippen LogP contribution in [0.15, 0.2) is 41.3 Å². The fourth-order valence-corrected chi connectivity index (χ4v) is 4.35. The normalized spacial score (nSPS) is 11.4. The van der Waals surface area contributed by atoms with E-state index in [2.05, 4.69) is 11.9 Å². The van der Waals surface area contributed by atoms with Crippen LogP contribution in [0.2, 0.25) is 0 Å². The maximum atomic E-state index is 14.1. The van der Waals surface area contributed by atoms with Crippen LogP contribution in [0.3, 0.4) is 0 Å². The average molecular weight is 422 g/mol. The highest BCUT2D eigenvalue weighted by Crippen LogP contribution is 2.32. The molecule has 1 heterocycles. The number of hydrogen-bond acceptors (Lipinski definition) is 5. The molecule has 0 N–H and O–H groups in total. The third-order valence-electron chi connectivity index (χ3n) is 4.06. The molecule has 0 aliphatic rings. The molecular weight excluding hydrogens is 400 g/mol. The van der Waals surface area contributed by atoms with Gasteiger partial charge in [0.05, 0.1) is 4.70 Å². The van der Waals surface area contributed by atoms with E-state index in [4.69, 9.17) is 0 Å². The lowest BCUT2D eigenvalue weighted by molar-refractivity contribution is 0.0985. The largest absolute Gasteiger partial charge is 0.308 e. The quantitative estimate of drug-likeness (QED) is 0.509. The molecule has 0 saturated heterocycles. The number of nitrogens with zero attached hydrogens (tertiary/aromatic N) is 3. The van der Waals surface area contributed by atoms with Gasteiger partial charge in [-0.1, -0.05) is 18.3 Å². The predicted octanol–water partition coefficient (Wildman–Crippen LogP) is 4.89. The minimum atomic E-state index is -0.724. The number of rotatable bonds is 7. The number of thiazole rings is 1. The summed E-state index contributed by atoms with van der Waals surface area (Å²) in [5.41, 5.74) is 0.615. The molecule has 4 nitrogen and oxygen atoms in total. The van der Waals surface area contributed by atoms with E-state index in [1.54, 1.807) is 23.9 Å². The molecule has 148 valence electrons. The number of thioether (sulfide) groups is 1. The number of carbonyl (C=O) groups is 1. The van der Waals surface area contributed by atoms with Crippen molar-refractivity contribution in [1.29, 1.82) is 0 Å². The smallest absolute Gasteiger partial charge is 0.260 e. The summed E-state index contributed by atoms with van der Waals surface area (Å²) in [5, 5.41) is 0.360. The Morgan fingerprint density at radius 3 is 2.50 bits per heavy atom. The average Bonchev–Trinajstić information content (AvgIpc) is 3.06. The van der Waals surface area contributed by atoms with Gasteiger partial charge < -0.3 is 4.90 Å². The first-order valence-corrected chi connectivity index (χ1v) is 10.6. The van der Waals surface area contributed by atoms with E-state index >= 15 is 0 Å². The summed E-state index contributed by atoms with van der Waals surface area (Å²) in [6.45, 7) is 3.07. The third-order valence-corrected chi connectivity index (χ3v) is 5.98. The van der Waals surface area contributed by atoms with Crippen molar-refractivity contribution in [3.05, 3.63) is 53.6 Å². The van der Waals surface area contributed by atoms with E-state index in [9.17, 15) is 13.6 Å². The zero-order chi connectivity index (χ0) is 20.3. The fraction of sp³-hybridized carbons (Fsp3) is 0.300. The van der Waals surface area contributed by atoms with E-state index in [1.807, 2.05) is 31.1 Å². The Morgan fingerprint density at radius 1 is 1.14 bits per heavy atom. The van der Waals surface area contributed by atoms with Crippen LogP contribution in [0.4, 0.5) is 13.9 Å². The third kappa shape index (κ3) is 4.68. The van der Waals surface area contributed by atoms with Crippen molar-refractivity contribution in [3.8, 4) is 0 Å². The summed E-state index contributed by atoms with van der Waals surface area (Å²) < 4.78 is 28.0. The number of likely N-dealkylation sites (N-methyl/N-ethyl adjacent to an activating group) is 1. The van der Waals surface area contributed by atoms with Gasteiger partial charge in [-0.15, -0.1) is 11.8 Å². The molecule has 8 heteroatoms. The van der Waals surface area contributed by atoms with Gasteiger partial charge in [-0.25, -0.2) is 13.8 Å². The number of carbonyl (C=O) groups excluding carboxylic acids is 1. The molecule has 0 spiro atoms. The number of amides is 1. The molecule has 0 saturated carbocycles. The Morgan fingerprint density at radius 2 is 1.86 bits per heavy atom. The van der Waals surface area contributed by atoms with E-state index in [-0.39, 0.29) is 11.4 Å². The number of hydrogen-bond donors (Lipinski definition) is 0. The molecule has 3 rings (SSSR count). The fourth-order valence-electron chi connectivity index (χ4n) is 2.66. The van der Waals surface area contributed by atoms with Crippen molar-refractivity contribution >= 4 is 44.4 Å². The predicted molar refractivity (Wildman–Crippen MR) is 113 cm³/mol. The molecule has 1 amide bonds. The van der Waals surface area contributed by atoms with Crippen molar-refractivity contribution in [1.82, 2.24) is 9.88 Å². The number of anilines is 1. The maximum Gasteiger partial charge on any atom is 0.260 e. The monoisotopic (exact) mass is 421 g/mol. The zero-order valence-corrected chi connectivity index (χ0v) is 17.5. The van der Waals surface area contributed by atoms with Gasteiger partial charge in [0.15, 0.2) is 10.9 Å². The first-order chi connectivity index (χ1) is 13.4. The molecule has 2 aromatic carbocycles. The van der Waals surface area contributed by atoms with E-state index in [0.29, 0.717) is 28.5 Å². The molecule has 0 unspecified atom stereocenters. The van der Waals surface area contributed by atoms with Gasteiger partial charge in [0.1, 0.15) is 11.3 Å². The van der Waals surface area contributed by atoms with Crippen LogP contribution in [0, 0.1) is 11.6 Å². The summed E-state index contributed by atoms with van der Waals surface area (Å²) >= 11 is 2.81. The molecule has 3 aromatic rings. The first kappa shape index (κ1) is 20.7. The molecule has 0 aliphatic carbocycles. The minimum absolute atomic E-state index is 0.0822. The number of benzene rings is 2. The lowest BCUT2D eigenvalue weighted by Crippen LogP contribution is -2.36. The zero-order valence-electron chi connectivity index (χ0n) is 15.9. The minimum Gasteiger partial charge on any atom is -0.308 e. The van der Waals surface area contributed by atoms with E-state index in [0.717, 1.165) is 28.1 Å². The summed E-state index contributed by atoms with van der Waals surface area (Å²) in [5.74, 6) is -0.639. The molecule has 0 bridgehead atoms. The van der Waals surface area contributed by atoms with Crippen molar-refractivity contribution in [2.24, 2.45) is 0 Å². The molecule has 0 atom stereocenters. The second-order valence-corrected chi connectivity index (χ2v) is 8.79. The summed E-state index contributed by atoms with van der Waals surface area (Å²) in [7, 11) is 3.82. The molecule has 1 aromatic heterocycles. The maximum absolute atomic E-state index is 14.1. The van der Waals surface area contributed by atoms with E-state index in [1.165, 1.54) is 11.0 Å². The Bertz CT molecular complexity index is 973. The van der Waals surface area contributed by atoms with Gasteiger partial charge in [0, 0.05) is 29.6 Å². The van der Waals surface area contributed by atoms with Gasteiger partial charge in [-0.2, -0.15) is 0 Å². The second kappa shape index (κ2) is 8.98. The topological polar surface area (TPSA) is 36.4 Å². The number of halogens is 2. The second-order valence-electron chi connectivity index (χ2n) is 6.45. The lowest BCUT2D eigenvalue weighted by atomic mass is 10.2. The van der Waals surface area contributed by atoms with Crippen LogP contribution in [0.1, 0.15) is 17.3 Å². The van der Waals surface area contributed by atoms with Crippen LogP contribution < -0.4 is 4.90 Å². The first-order valence-electron chi connectivity index (χ1n) is 8.84. The highest BCUT2D eigenvalue weighted by Gasteiger charge is 2.22. The number of aromatic nitrogens is 1. The SMILES string of the molecule is CCSc1ccc(C(=O)N(CCN(C)C)c2nc3c(F)cc(F)cc3s2)cc1. The molecular formula is C20H21F2N3OS2. The van der Waals surface area contributed by atoms with Crippen LogP contribution in [-0.2, 0) is 0 Å². The summed E-state index contributed by atoms with van der Waals surface area (Å²) in [6.07, 6.45) is 0. The molecule has 0 aliphatic heterocycles. The highest BCUT2D eigenvalue weighted by molar-refractivity contribution is 7.99. The molecule has 0 radical (unpaired) electrons. The van der Waals surface area contributed by atoms with Crippen molar-refractivity contribution in [3.63, 3.8) is 0 Å². The van der Waals surface area contributed by atoms with E-state index < -0.39 is 11.6 Å². The molecule has 0 fully saturated rings. The van der Waals surface area contributed by atoms with Crippen molar-refractivity contribution < 1.29 is 13.6 Å². The van der Waals surface area contributed by atoms with Crippen LogP contribution in [-0.4, -0.2) is 48.7 Å². The number of fused-ring (bicyclic) bond motifs is 1. The van der Waals surface area contributed by atoms with Gasteiger partial charge >= 0.3 is 0 Å². The van der Waals surface area contributed by atoms with Gasteiger partial charge in [0.25, 0.3) is 5.91 Å².